The molecule has 5 N–H and O–H groups in total. The lowest BCUT2D eigenvalue weighted by molar-refractivity contribution is -0.149. The highest BCUT2D eigenvalue weighted by Crippen LogP contribution is 2.28. The van der Waals surface area contributed by atoms with Crippen LogP contribution in [0.1, 0.15) is 74.3 Å². The van der Waals surface area contributed by atoms with Gasteiger partial charge in [-0.3, -0.25) is 38.7 Å². The number of nitrogens with zero attached hydrogens (tertiary/aromatic N) is 4. The van der Waals surface area contributed by atoms with Crippen molar-refractivity contribution in [2.45, 2.75) is 66.2 Å². The van der Waals surface area contributed by atoms with Crippen LogP contribution in [0.25, 0.3) is 10.9 Å². The smallest absolute Gasteiger partial charge is 0.373 e. The van der Waals surface area contributed by atoms with E-state index in [9.17, 15) is 28.8 Å². The number of anilines is 1. The van der Waals surface area contributed by atoms with E-state index in [4.69, 9.17) is 5.11 Å². The summed E-state index contributed by atoms with van der Waals surface area (Å²) in [5.74, 6) is -2.46. The van der Waals surface area contributed by atoms with Crippen molar-refractivity contribution in [2.75, 3.05) is 36.9 Å². The van der Waals surface area contributed by atoms with E-state index in [0.717, 1.165) is 55.7 Å². The maximum Gasteiger partial charge on any atom is 0.373 e. The Morgan fingerprint density at radius 2 is 1.15 bits per heavy atom. The summed E-state index contributed by atoms with van der Waals surface area (Å²) < 4.78 is 4.51. The number of aliphatic carboxylic acids is 1. The van der Waals surface area contributed by atoms with Crippen molar-refractivity contribution < 1.29 is 38.6 Å². The average molecular weight is 1030 g/mol. The third kappa shape index (κ3) is 14.5. The molecule has 17 heteroatoms. The first kappa shape index (κ1) is 51.7. The van der Waals surface area contributed by atoms with Gasteiger partial charge in [-0.2, -0.15) is 5.10 Å². The van der Waals surface area contributed by atoms with Crippen LogP contribution in [0.15, 0.2) is 120 Å². The molecule has 0 bridgehead atoms. The standard InChI is InChI=1S/C20H17N5O2.C11H11NO3.C11H13NO.C8H9N.C4H7BrO2/c26-18(11-25-9-12-3-1-2-4-13(12)10-25)23-15-5-16-19-14(7-21-17(19)6-15)8-22-24-20(16)27;13-10(11(14)15)7-12-5-8-3-1-2-4-9(8)6-12;1-9(13)6-12-7-10-4-2-3-5-11(10)8-12;1-2-4-8-6-9-5-7(8)3-1;1-2-7-4(6)3-5/h1-8,21H,9-11H2,(H,23,26)(H,24,27);1-4H,5-7H2,(H,14,15);2-5H,6-8H2,1H3;1-4,9H,5-6H2;2-3H2,1H3. The number of hydrazone groups is 1. The number of carbonyl (C=O) groups excluding carboxylic acids is 5. The van der Waals surface area contributed by atoms with Crippen molar-refractivity contribution in [1.82, 2.24) is 30.4 Å². The zero-order valence-electron chi connectivity index (χ0n) is 39.7. The van der Waals surface area contributed by atoms with E-state index in [-0.39, 0.29) is 30.1 Å². The first-order valence-electron chi connectivity index (χ1n) is 23.3. The van der Waals surface area contributed by atoms with Crippen LogP contribution in [-0.4, -0.2) is 97.9 Å². The molecule has 2 amide bonds. The van der Waals surface area contributed by atoms with Gasteiger partial charge in [0.2, 0.25) is 5.91 Å². The molecular formula is C54H57BrN8O8. The number of esters is 1. The number of aromatic amines is 1. The first-order valence-corrected chi connectivity index (χ1v) is 24.4. The molecular weight excluding hydrogens is 969 g/mol. The number of hydrogen-bond acceptors (Lipinski definition) is 12. The van der Waals surface area contributed by atoms with Gasteiger partial charge in [-0.25, -0.2) is 10.2 Å². The van der Waals surface area contributed by atoms with Gasteiger partial charge in [-0.05, 0) is 70.5 Å². The lowest BCUT2D eigenvalue weighted by Gasteiger charge is -2.15. The summed E-state index contributed by atoms with van der Waals surface area (Å²) in [6.07, 6.45) is 3.40. The molecule has 5 aromatic carbocycles. The minimum Gasteiger partial charge on any atom is -0.475 e. The molecule has 5 aliphatic rings. The number of H-pyrrole nitrogens is 1. The number of carboxylic acids is 1. The molecule has 71 heavy (non-hydrogen) atoms. The number of carboxylic acid groups (broad SMARTS) is 1. The highest BCUT2D eigenvalue weighted by atomic mass is 79.9. The number of amides is 2. The van der Waals surface area contributed by atoms with Gasteiger partial charge in [0, 0.05) is 80.7 Å². The van der Waals surface area contributed by atoms with Gasteiger partial charge in [0.25, 0.3) is 11.7 Å². The van der Waals surface area contributed by atoms with Crippen LogP contribution < -0.4 is 16.1 Å². The second-order valence-electron chi connectivity index (χ2n) is 17.4. The zero-order chi connectivity index (χ0) is 50.3. The molecule has 6 heterocycles. The lowest BCUT2D eigenvalue weighted by atomic mass is 10.1. The quantitative estimate of drug-likeness (QED) is 0.0554. The Hall–Kier alpha value is -7.15. The highest BCUT2D eigenvalue weighted by molar-refractivity contribution is 9.09. The number of alkyl halides is 1. The first-order chi connectivity index (χ1) is 34.4. The van der Waals surface area contributed by atoms with Crippen molar-refractivity contribution in [3.05, 3.63) is 171 Å². The van der Waals surface area contributed by atoms with Crippen LogP contribution in [0.4, 0.5) is 5.69 Å². The van der Waals surface area contributed by atoms with E-state index in [1.807, 2.05) is 47.4 Å². The Balaban J connectivity index is 0.000000143. The number of benzene rings is 5. The number of carbonyl (C=O) groups is 6. The molecule has 16 nitrogen and oxygen atoms in total. The molecule has 0 atom stereocenters. The van der Waals surface area contributed by atoms with Crippen LogP contribution in [0.2, 0.25) is 0 Å². The number of ketones is 2. The van der Waals surface area contributed by atoms with Gasteiger partial charge < -0.3 is 25.5 Å². The Morgan fingerprint density at radius 3 is 1.59 bits per heavy atom. The van der Waals surface area contributed by atoms with Crippen LogP contribution in [0, 0.1) is 0 Å². The van der Waals surface area contributed by atoms with E-state index in [0.29, 0.717) is 49.4 Å². The number of nitrogens with one attached hydrogen (secondary N) is 4. The fourth-order valence-electron chi connectivity index (χ4n) is 8.84. The molecule has 0 radical (unpaired) electrons. The largest absolute Gasteiger partial charge is 0.475 e. The fourth-order valence-corrected chi connectivity index (χ4v) is 9.00. The van der Waals surface area contributed by atoms with Crippen LogP contribution in [-0.2, 0) is 81.1 Å². The lowest BCUT2D eigenvalue weighted by Crippen LogP contribution is -2.29. The van der Waals surface area contributed by atoms with Crippen molar-refractivity contribution in [3.63, 3.8) is 0 Å². The molecule has 5 aliphatic heterocycles. The molecule has 0 spiro atoms. The Morgan fingerprint density at radius 1 is 0.690 bits per heavy atom. The predicted octanol–water partition coefficient (Wildman–Crippen LogP) is 6.68. The van der Waals surface area contributed by atoms with E-state index in [1.165, 1.54) is 44.5 Å². The SMILES string of the molecule is CC(=O)CN1Cc2ccccc2C1.CCOC(=O)CBr.O=C(CN1Cc2ccccc2C1)Nc1cc2c3c(c[nH]c3c1)C=NNC2=O.O=C(O)C(=O)CN1Cc2ccccc2C1.c1ccc2c(c1)CNC2. The molecule has 368 valence electrons. The summed E-state index contributed by atoms with van der Waals surface area (Å²) in [5.41, 5.74) is 15.7. The summed E-state index contributed by atoms with van der Waals surface area (Å²) in [6, 6.07) is 36.6. The monoisotopic (exact) mass is 1020 g/mol. The molecule has 0 aliphatic carbocycles. The van der Waals surface area contributed by atoms with Gasteiger partial charge in [-0.1, -0.05) is 113 Å². The van der Waals surface area contributed by atoms with Crippen molar-refractivity contribution in [2.24, 2.45) is 5.10 Å². The Labute approximate surface area is 420 Å². The molecule has 6 aromatic rings. The Kier molecular flexibility index (Phi) is 18.3. The number of ether oxygens (including phenoxy) is 1. The van der Waals surface area contributed by atoms with Gasteiger partial charge in [-0.15, -0.1) is 0 Å². The van der Waals surface area contributed by atoms with Crippen molar-refractivity contribution >= 4 is 74.1 Å². The summed E-state index contributed by atoms with van der Waals surface area (Å²) in [5, 5.41) is 19.7. The van der Waals surface area contributed by atoms with Gasteiger partial charge in [0.15, 0.2) is 0 Å². The molecule has 0 saturated carbocycles. The van der Waals surface area contributed by atoms with E-state index in [2.05, 4.69) is 117 Å². The maximum atomic E-state index is 12.5. The zero-order valence-corrected chi connectivity index (χ0v) is 41.3. The fraction of sp³-hybridized carbons (Fsp3) is 0.278. The van der Waals surface area contributed by atoms with Gasteiger partial charge in [0.05, 0.1) is 38.0 Å². The van der Waals surface area contributed by atoms with E-state index >= 15 is 0 Å². The molecule has 1 aromatic heterocycles. The van der Waals surface area contributed by atoms with Gasteiger partial charge in [0.1, 0.15) is 11.1 Å². The summed E-state index contributed by atoms with van der Waals surface area (Å²) >= 11 is 2.94. The van der Waals surface area contributed by atoms with E-state index < -0.39 is 11.8 Å². The van der Waals surface area contributed by atoms with E-state index in [1.54, 1.807) is 32.3 Å². The minimum absolute atomic E-state index is 0.00991. The average Bonchev–Trinajstić information content (AvgIpc) is 4.21. The number of fused-ring (bicyclic) bond motifs is 4. The maximum absolute atomic E-state index is 12.5. The second-order valence-corrected chi connectivity index (χ2v) is 18.0. The molecule has 0 fully saturated rings. The Bertz CT molecular complexity index is 2840. The highest BCUT2D eigenvalue weighted by Gasteiger charge is 2.24. The summed E-state index contributed by atoms with van der Waals surface area (Å²) in [6.45, 7) is 11.6. The summed E-state index contributed by atoms with van der Waals surface area (Å²) in [4.78, 5) is 76.5. The van der Waals surface area contributed by atoms with Crippen LogP contribution in [0.5, 0.6) is 0 Å². The molecule has 0 unspecified atom stereocenters. The molecule has 0 saturated heterocycles. The summed E-state index contributed by atoms with van der Waals surface area (Å²) in [7, 11) is 0. The van der Waals surface area contributed by atoms with Gasteiger partial charge >= 0.3 is 11.9 Å². The number of Topliss-reactive ketones (excluding diaryl/α,β-unsaturated/α-hetero) is 2. The number of aromatic nitrogens is 1. The normalized spacial score (nSPS) is 14.7. The third-order valence-electron chi connectivity index (χ3n) is 12.0. The number of hydrogen-bond donors (Lipinski definition) is 5. The van der Waals surface area contributed by atoms with Crippen LogP contribution in [0.3, 0.4) is 0 Å². The third-order valence-corrected chi connectivity index (χ3v) is 12.5. The van der Waals surface area contributed by atoms with Crippen molar-refractivity contribution in [3.8, 4) is 0 Å². The predicted molar refractivity (Wildman–Crippen MR) is 274 cm³/mol. The molecule has 11 rings (SSSR count). The minimum atomic E-state index is -1.36. The topological polar surface area (TPSA) is 206 Å². The second kappa shape index (κ2) is 25.1. The number of rotatable bonds is 10. The number of halogens is 1. The van der Waals surface area contributed by atoms with Crippen molar-refractivity contribution in [1.29, 1.82) is 0 Å². The van der Waals surface area contributed by atoms with Crippen LogP contribution >= 0.6 is 15.9 Å².